The molecule has 0 amide bonds. The summed E-state index contributed by atoms with van der Waals surface area (Å²) in [4.78, 5) is 12.0. The van der Waals surface area contributed by atoms with E-state index in [0.29, 0.717) is 6.54 Å². The summed E-state index contributed by atoms with van der Waals surface area (Å²) in [5.41, 5.74) is 2.28. The molecule has 0 aromatic carbocycles. The van der Waals surface area contributed by atoms with Gasteiger partial charge in [-0.15, -0.1) is 24.0 Å². The number of guanidine groups is 1. The molecule has 1 aromatic heterocycles. The summed E-state index contributed by atoms with van der Waals surface area (Å²) in [7, 11) is 0. The number of aromatic nitrogens is 1. The minimum absolute atomic E-state index is 0. The number of pyridine rings is 1. The molecular weight excluding hydrogens is 465 g/mol. The normalized spacial score (nSPS) is 20.3. The van der Waals surface area contributed by atoms with Gasteiger partial charge in [0.25, 0.3) is 0 Å². The number of hydrogen-bond donors (Lipinski definition) is 2. The summed E-state index contributed by atoms with van der Waals surface area (Å²) < 4.78 is 5.59. The second-order valence-electron chi connectivity index (χ2n) is 7.70. The van der Waals surface area contributed by atoms with E-state index in [4.69, 9.17) is 9.73 Å². The summed E-state index contributed by atoms with van der Waals surface area (Å²) in [6, 6.07) is 6.10. The Hall–Kier alpha value is -0.930. The molecule has 1 aliphatic heterocycles. The highest BCUT2D eigenvalue weighted by atomic mass is 127. The molecule has 7 heteroatoms. The number of ether oxygens (including phenoxy) is 1. The van der Waals surface area contributed by atoms with E-state index in [1.165, 1.54) is 32.1 Å². The highest BCUT2D eigenvalue weighted by Crippen LogP contribution is 2.33. The van der Waals surface area contributed by atoms with Gasteiger partial charge in [0.1, 0.15) is 0 Å². The highest BCUT2D eigenvalue weighted by Gasteiger charge is 2.38. The number of hydrogen-bond acceptors (Lipinski definition) is 4. The molecule has 28 heavy (non-hydrogen) atoms. The number of aryl methyl sites for hydroxylation is 1. The van der Waals surface area contributed by atoms with Gasteiger partial charge in [-0.1, -0.05) is 25.3 Å². The van der Waals surface area contributed by atoms with E-state index in [0.717, 1.165) is 56.7 Å². The van der Waals surface area contributed by atoms with Crippen molar-refractivity contribution >= 4 is 29.9 Å². The molecule has 1 aliphatic carbocycles. The van der Waals surface area contributed by atoms with Crippen LogP contribution in [0.25, 0.3) is 0 Å². The van der Waals surface area contributed by atoms with Crippen LogP contribution < -0.4 is 10.6 Å². The minimum atomic E-state index is 0. The SMILES string of the molecule is CCNC(=NCc1cccc(C)n1)NCC1(N2CCOCC2)CCCCC1.I. The molecule has 1 saturated carbocycles. The fourth-order valence-corrected chi connectivity index (χ4v) is 4.29. The molecule has 158 valence electrons. The second-order valence-corrected chi connectivity index (χ2v) is 7.70. The largest absolute Gasteiger partial charge is 0.379 e. The van der Waals surface area contributed by atoms with Crippen LogP contribution in [0.2, 0.25) is 0 Å². The van der Waals surface area contributed by atoms with Crippen LogP contribution in [-0.2, 0) is 11.3 Å². The number of nitrogens with zero attached hydrogens (tertiary/aromatic N) is 3. The molecule has 0 spiro atoms. The van der Waals surface area contributed by atoms with Crippen LogP contribution in [0.3, 0.4) is 0 Å². The first kappa shape index (κ1) is 23.3. The van der Waals surface area contributed by atoms with Crippen LogP contribution in [0.4, 0.5) is 0 Å². The van der Waals surface area contributed by atoms with Crippen molar-refractivity contribution in [2.75, 3.05) is 39.4 Å². The predicted octanol–water partition coefficient (Wildman–Crippen LogP) is 3.10. The lowest BCUT2D eigenvalue weighted by Crippen LogP contribution is -2.60. The van der Waals surface area contributed by atoms with Gasteiger partial charge in [0, 0.05) is 37.4 Å². The van der Waals surface area contributed by atoms with Crippen molar-refractivity contribution in [1.29, 1.82) is 0 Å². The molecule has 3 rings (SSSR count). The van der Waals surface area contributed by atoms with Crippen LogP contribution in [-0.4, -0.2) is 60.8 Å². The molecular formula is C21H36IN5O. The van der Waals surface area contributed by atoms with E-state index < -0.39 is 0 Å². The molecule has 0 atom stereocenters. The summed E-state index contributed by atoms with van der Waals surface area (Å²) >= 11 is 0. The average Bonchev–Trinajstić information content (AvgIpc) is 2.71. The Balaban J connectivity index is 0.00000280. The lowest BCUT2D eigenvalue weighted by atomic mass is 9.80. The van der Waals surface area contributed by atoms with Crippen molar-refractivity contribution in [2.45, 2.75) is 58.0 Å². The summed E-state index contributed by atoms with van der Waals surface area (Å²) in [6.07, 6.45) is 6.52. The minimum Gasteiger partial charge on any atom is -0.379 e. The topological polar surface area (TPSA) is 61.8 Å². The van der Waals surface area contributed by atoms with Crippen LogP contribution >= 0.6 is 24.0 Å². The van der Waals surface area contributed by atoms with Gasteiger partial charge in [0.05, 0.1) is 25.5 Å². The Kier molecular flexibility index (Phi) is 9.94. The molecule has 6 nitrogen and oxygen atoms in total. The first-order valence-electron chi connectivity index (χ1n) is 10.5. The maximum Gasteiger partial charge on any atom is 0.191 e. The van der Waals surface area contributed by atoms with Crippen LogP contribution in [0.5, 0.6) is 0 Å². The average molecular weight is 501 g/mol. The zero-order chi connectivity index (χ0) is 19.0. The van der Waals surface area contributed by atoms with Crippen molar-refractivity contribution in [3.05, 3.63) is 29.6 Å². The van der Waals surface area contributed by atoms with Gasteiger partial charge in [0.15, 0.2) is 5.96 Å². The Labute approximate surface area is 186 Å². The van der Waals surface area contributed by atoms with Crippen molar-refractivity contribution < 1.29 is 4.74 Å². The summed E-state index contributed by atoms with van der Waals surface area (Å²) in [5, 5.41) is 7.04. The Morgan fingerprint density at radius 2 is 1.93 bits per heavy atom. The number of halogens is 1. The van der Waals surface area contributed by atoms with Crippen molar-refractivity contribution in [3.63, 3.8) is 0 Å². The zero-order valence-corrected chi connectivity index (χ0v) is 19.7. The fraction of sp³-hybridized carbons (Fsp3) is 0.714. The predicted molar refractivity (Wildman–Crippen MR) is 125 cm³/mol. The maximum atomic E-state index is 5.59. The highest BCUT2D eigenvalue weighted by molar-refractivity contribution is 14.0. The van der Waals surface area contributed by atoms with Crippen LogP contribution in [0.1, 0.15) is 50.4 Å². The lowest BCUT2D eigenvalue weighted by molar-refractivity contribution is -0.0352. The van der Waals surface area contributed by atoms with Crippen molar-refractivity contribution in [1.82, 2.24) is 20.5 Å². The molecule has 2 fully saturated rings. The van der Waals surface area contributed by atoms with Crippen molar-refractivity contribution in [3.8, 4) is 0 Å². The maximum absolute atomic E-state index is 5.59. The van der Waals surface area contributed by atoms with Crippen molar-refractivity contribution in [2.24, 2.45) is 4.99 Å². The quantitative estimate of drug-likeness (QED) is 0.357. The number of morpholine rings is 1. The molecule has 0 radical (unpaired) electrons. The third-order valence-electron chi connectivity index (χ3n) is 5.74. The third kappa shape index (κ3) is 6.56. The van der Waals surface area contributed by atoms with Gasteiger partial charge in [-0.2, -0.15) is 0 Å². The Morgan fingerprint density at radius 1 is 1.18 bits per heavy atom. The smallest absolute Gasteiger partial charge is 0.191 e. The molecule has 2 heterocycles. The van der Waals surface area contributed by atoms with E-state index in [1.54, 1.807) is 0 Å². The van der Waals surface area contributed by atoms with Gasteiger partial charge < -0.3 is 15.4 Å². The van der Waals surface area contributed by atoms with E-state index in [2.05, 4.69) is 27.4 Å². The number of nitrogens with one attached hydrogen (secondary N) is 2. The summed E-state index contributed by atoms with van der Waals surface area (Å²) in [5.74, 6) is 0.888. The lowest BCUT2D eigenvalue weighted by Gasteiger charge is -2.48. The number of aliphatic imine (C=N–C) groups is 1. The summed E-state index contributed by atoms with van der Waals surface area (Å²) in [6.45, 7) is 10.3. The zero-order valence-electron chi connectivity index (χ0n) is 17.4. The standard InChI is InChI=1S/C21H35N5O.HI/c1-3-22-20(23-16-19-9-7-8-18(2)25-19)24-17-21(10-5-4-6-11-21)26-12-14-27-15-13-26;/h7-9H,3-6,10-17H2,1-2H3,(H2,22,23,24);1H. The first-order chi connectivity index (χ1) is 13.2. The van der Waals surface area contributed by atoms with E-state index in [9.17, 15) is 0 Å². The molecule has 2 aliphatic rings. The molecule has 0 unspecified atom stereocenters. The van der Waals surface area contributed by atoms with Crippen LogP contribution in [0, 0.1) is 6.92 Å². The Bertz CT molecular complexity index is 613. The molecule has 1 aromatic rings. The molecule has 1 saturated heterocycles. The van der Waals surface area contributed by atoms with E-state index >= 15 is 0 Å². The third-order valence-corrected chi connectivity index (χ3v) is 5.74. The molecule has 0 bridgehead atoms. The first-order valence-corrected chi connectivity index (χ1v) is 10.5. The Morgan fingerprint density at radius 3 is 2.61 bits per heavy atom. The van der Waals surface area contributed by atoms with Gasteiger partial charge >= 0.3 is 0 Å². The van der Waals surface area contributed by atoms with Gasteiger partial charge in [-0.3, -0.25) is 9.88 Å². The van der Waals surface area contributed by atoms with Gasteiger partial charge in [-0.05, 0) is 38.8 Å². The number of rotatable bonds is 6. The fourth-order valence-electron chi connectivity index (χ4n) is 4.29. The van der Waals surface area contributed by atoms with Gasteiger partial charge in [-0.25, -0.2) is 4.99 Å². The monoisotopic (exact) mass is 501 g/mol. The second kappa shape index (κ2) is 11.9. The van der Waals surface area contributed by atoms with E-state index in [-0.39, 0.29) is 29.5 Å². The van der Waals surface area contributed by atoms with Crippen LogP contribution in [0.15, 0.2) is 23.2 Å². The van der Waals surface area contributed by atoms with E-state index in [1.807, 2.05) is 25.1 Å². The molecule has 2 N–H and O–H groups in total. The van der Waals surface area contributed by atoms with Gasteiger partial charge in [0.2, 0.25) is 0 Å².